The van der Waals surface area contributed by atoms with E-state index in [-0.39, 0.29) is 19.1 Å². The molecule has 1 aliphatic rings. The van der Waals surface area contributed by atoms with Gasteiger partial charge in [-0.25, -0.2) is 13.6 Å². The fourth-order valence-corrected chi connectivity index (χ4v) is 2.37. The Hall–Kier alpha value is -1.73. The average molecular weight is 328 g/mol. The second kappa shape index (κ2) is 7.70. The van der Waals surface area contributed by atoms with Crippen LogP contribution >= 0.6 is 0 Å². The summed E-state index contributed by atoms with van der Waals surface area (Å²) < 4.78 is 31.4. The minimum absolute atomic E-state index is 0.121. The first kappa shape index (κ1) is 17.6. The molecule has 2 atom stereocenters. The summed E-state index contributed by atoms with van der Waals surface area (Å²) in [5.41, 5.74) is 0.412. The highest BCUT2D eigenvalue weighted by Gasteiger charge is 2.31. The van der Waals surface area contributed by atoms with Gasteiger partial charge in [0.2, 0.25) is 0 Å². The highest BCUT2D eigenvalue weighted by atomic mass is 19.2. The van der Waals surface area contributed by atoms with E-state index in [1.54, 1.807) is 7.05 Å². The van der Waals surface area contributed by atoms with Gasteiger partial charge >= 0.3 is 6.03 Å². The van der Waals surface area contributed by atoms with Gasteiger partial charge in [-0.05, 0) is 36.5 Å². The summed E-state index contributed by atoms with van der Waals surface area (Å²) in [6, 6.07) is 2.44. The number of rotatable bonds is 7. The third-order valence-corrected chi connectivity index (χ3v) is 3.95. The molecule has 2 N–H and O–H groups in total. The third kappa shape index (κ3) is 4.87. The van der Waals surface area contributed by atoms with Crippen molar-refractivity contribution in [2.45, 2.75) is 25.0 Å². The van der Waals surface area contributed by atoms with E-state index in [2.05, 4.69) is 5.32 Å². The smallest absolute Gasteiger partial charge is 0.317 e. The first-order valence-electron chi connectivity index (χ1n) is 7.56. The van der Waals surface area contributed by atoms with E-state index in [0.717, 1.165) is 25.0 Å². The van der Waals surface area contributed by atoms with Crippen LogP contribution in [0.25, 0.3) is 0 Å². The van der Waals surface area contributed by atoms with Gasteiger partial charge in [0.05, 0.1) is 18.8 Å². The monoisotopic (exact) mass is 328 g/mol. The van der Waals surface area contributed by atoms with Gasteiger partial charge in [0.25, 0.3) is 0 Å². The zero-order chi connectivity index (χ0) is 17.0. The van der Waals surface area contributed by atoms with Crippen molar-refractivity contribution in [2.24, 2.45) is 5.92 Å². The first-order valence-corrected chi connectivity index (χ1v) is 7.56. The lowest BCUT2D eigenvalue weighted by Gasteiger charge is -2.25. The molecule has 0 aliphatic heterocycles. The molecule has 0 radical (unpaired) electrons. The molecule has 128 valence electrons. The lowest BCUT2D eigenvalue weighted by molar-refractivity contribution is 0.109. The number of aliphatic hydroxyl groups is 1. The van der Waals surface area contributed by atoms with E-state index in [4.69, 9.17) is 4.74 Å². The van der Waals surface area contributed by atoms with Gasteiger partial charge in [0.1, 0.15) is 0 Å². The van der Waals surface area contributed by atoms with Crippen molar-refractivity contribution >= 4 is 6.03 Å². The van der Waals surface area contributed by atoms with Crippen LogP contribution < -0.4 is 5.32 Å². The highest BCUT2D eigenvalue weighted by molar-refractivity contribution is 5.74. The number of aliphatic hydroxyl groups excluding tert-OH is 1. The largest absolute Gasteiger partial charge is 0.391 e. The van der Waals surface area contributed by atoms with Gasteiger partial charge in [0.15, 0.2) is 11.6 Å². The number of benzene rings is 1. The van der Waals surface area contributed by atoms with Gasteiger partial charge in [-0.1, -0.05) is 6.07 Å². The number of carbonyl (C=O) groups excluding carboxylic acids is 1. The van der Waals surface area contributed by atoms with E-state index in [9.17, 15) is 18.7 Å². The van der Waals surface area contributed by atoms with Crippen LogP contribution in [0, 0.1) is 17.6 Å². The summed E-state index contributed by atoms with van der Waals surface area (Å²) in [6.07, 6.45) is 1.44. The van der Waals surface area contributed by atoms with Crippen molar-refractivity contribution in [3.63, 3.8) is 0 Å². The van der Waals surface area contributed by atoms with Gasteiger partial charge in [0, 0.05) is 20.7 Å². The minimum atomic E-state index is -0.977. The molecule has 2 unspecified atom stereocenters. The zero-order valence-corrected chi connectivity index (χ0v) is 13.3. The normalized spacial score (nSPS) is 16.7. The van der Waals surface area contributed by atoms with E-state index < -0.39 is 29.8 Å². The predicted octanol–water partition coefficient (Wildman–Crippen LogP) is 2.06. The Kier molecular flexibility index (Phi) is 5.90. The molecule has 1 aromatic carbocycles. The van der Waals surface area contributed by atoms with E-state index in [1.165, 1.54) is 18.1 Å². The number of urea groups is 1. The first-order chi connectivity index (χ1) is 10.9. The van der Waals surface area contributed by atoms with Crippen molar-refractivity contribution in [3.05, 3.63) is 35.4 Å². The Morgan fingerprint density at radius 3 is 2.70 bits per heavy atom. The number of methoxy groups -OCH3 is 1. The molecular formula is C16H22F2N2O3. The molecular weight excluding hydrogens is 306 g/mol. The standard InChI is InChI=1S/C16H22F2N2O3/c1-20(8-15(21)10-3-4-10)16(22)19-14(9-23-2)11-5-6-12(17)13(18)7-11/h5-7,10,14-15,21H,3-4,8-9H2,1-2H3,(H,19,22). The van der Waals surface area contributed by atoms with Crippen LogP contribution in [0.2, 0.25) is 0 Å². The van der Waals surface area contributed by atoms with Gasteiger partial charge in [-0.15, -0.1) is 0 Å². The maximum absolute atomic E-state index is 13.4. The summed E-state index contributed by atoms with van der Waals surface area (Å²) in [5, 5.41) is 12.6. The lowest BCUT2D eigenvalue weighted by atomic mass is 10.1. The van der Waals surface area contributed by atoms with Crippen molar-refractivity contribution in [3.8, 4) is 0 Å². The molecule has 0 spiro atoms. The summed E-state index contributed by atoms with van der Waals surface area (Å²) >= 11 is 0. The van der Waals surface area contributed by atoms with Crippen molar-refractivity contribution < 1.29 is 23.4 Å². The number of hydrogen-bond donors (Lipinski definition) is 2. The second-order valence-corrected chi connectivity index (χ2v) is 5.92. The summed E-state index contributed by atoms with van der Waals surface area (Å²) in [6.45, 7) is 0.351. The number of carbonyl (C=O) groups is 1. The fourth-order valence-electron chi connectivity index (χ4n) is 2.37. The molecule has 1 saturated carbocycles. The summed E-state index contributed by atoms with van der Waals surface area (Å²) in [4.78, 5) is 13.6. The molecule has 0 aromatic heterocycles. The molecule has 1 fully saturated rings. The topological polar surface area (TPSA) is 61.8 Å². The number of hydrogen-bond acceptors (Lipinski definition) is 3. The Morgan fingerprint density at radius 2 is 2.13 bits per heavy atom. The zero-order valence-electron chi connectivity index (χ0n) is 13.3. The molecule has 0 heterocycles. The number of halogens is 2. The van der Waals surface area contributed by atoms with Crippen molar-refractivity contribution in [1.29, 1.82) is 0 Å². The number of amides is 2. The fraction of sp³-hybridized carbons (Fsp3) is 0.562. The van der Waals surface area contributed by atoms with Crippen LogP contribution in [0.3, 0.4) is 0 Å². The maximum atomic E-state index is 13.4. The number of likely N-dealkylation sites (N-methyl/N-ethyl adjacent to an activating group) is 1. The van der Waals surface area contributed by atoms with Crippen LogP contribution in [0.1, 0.15) is 24.4 Å². The molecule has 23 heavy (non-hydrogen) atoms. The van der Waals surface area contributed by atoms with Crippen LogP contribution in [0.5, 0.6) is 0 Å². The number of nitrogens with zero attached hydrogens (tertiary/aromatic N) is 1. The Bertz CT molecular complexity index is 552. The molecule has 5 nitrogen and oxygen atoms in total. The maximum Gasteiger partial charge on any atom is 0.317 e. The van der Waals surface area contributed by atoms with Crippen molar-refractivity contribution in [1.82, 2.24) is 10.2 Å². The minimum Gasteiger partial charge on any atom is -0.391 e. The predicted molar refractivity (Wildman–Crippen MR) is 80.9 cm³/mol. The van der Waals surface area contributed by atoms with E-state index in [0.29, 0.717) is 5.56 Å². The van der Waals surface area contributed by atoms with Crippen LogP contribution in [-0.2, 0) is 4.74 Å². The Labute approximate surface area is 134 Å². The number of ether oxygens (including phenoxy) is 1. The molecule has 1 aliphatic carbocycles. The summed E-state index contributed by atoms with van der Waals surface area (Å²) in [5.74, 6) is -1.65. The second-order valence-electron chi connectivity index (χ2n) is 5.92. The molecule has 0 saturated heterocycles. The van der Waals surface area contributed by atoms with Crippen LogP contribution in [-0.4, -0.2) is 49.5 Å². The average Bonchev–Trinajstić information content (AvgIpc) is 3.34. The number of nitrogens with one attached hydrogen (secondary N) is 1. The van der Waals surface area contributed by atoms with Crippen LogP contribution in [0.4, 0.5) is 13.6 Å². The van der Waals surface area contributed by atoms with E-state index in [1.807, 2.05) is 0 Å². The quantitative estimate of drug-likeness (QED) is 0.805. The molecule has 2 amide bonds. The Balaban J connectivity index is 1.99. The molecule has 7 heteroatoms. The summed E-state index contributed by atoms with van der Waals surface area (Å²) in [7, 11) is 3.04. The lowest BCUT2D eigenvalue weighted by Crippen LogP contribution is -2.44. The van der Waals surface area contributed by atoms with Gasteiger partial charge < -0.3 is 20.1 Å². The van der Waals surface area contributed by atoms with E-state index >= 15 is 0 Å². The third-order valence-electron chi connectivity index (χ3n) is 3.95. The Morgan fingerprint density at radius 1 is 1.43 bits per heavy atom. The highest BCUT2D eigenvalue weighted by Crippen LogP contribution is 2.32. The molecule has 2 rings (SSSR count). The van der Waals surface area contributed by atoms with Crippen LogP contribution in [0.15, 0.2) is 18.2 Å². The van der Waals surface area contributed by atoms with Gasteiger partial charge in [-0.3, -0.25) is 0 Å². The SMILES string of the molecule is COCC(NC(=O)N(C)CC(O)C1CC1)c1ccc(F)c(F)c1. The van der Waals surface area contributed by atoms with Crippen molar-refractivity contribution in [2.75, 3.05) is 27.3 Å². The molecule has 1 aromatic rings. The van der Waals surface area contributed by atoms with Gasteiger partial charge in [-0.2, -0.15) is 0 Å². The molecule has 0 bridgehead atoms.